The summed E-state index contributed by atoms with van der Waals surface area (Å²) in [5.74, 6) is -0.156. The maximum absolute atomic E-state index is 12.3. The standard InChI is InChI=1S/C13H22N4O4S.ClH/c1-8-12(10(3)21-16-8)22(19,20)17-9(2)13(18)15-7-11-5-4-6-14-11;/h9,11,14,17H,4-7H2,1-3H3,(H,15,18);1H. The number of carbonyl (C=O) groups is 1. The van der Waals surface area contributed by atoms with Gasteiger partial charge in [0.1, 0.15) is 10.6 Å². The van der Waals surface area contributed by atoms with Gasteiger partial charge >= 0.3 is 0 Å². The molecule has 10 heteroatoms. The molecule has 2 unspecified atom stereocenters. The average Bonchev–Trinajstić information content (AvgIpc) is 3.05. The Hall–Kier alpha value is -1.16. The number of rotatable bonds is 6. The van der Waals surface area contributed by atoms with Gasteiger partial charge in [0, 0.05) is 12.6 Å². The molecule has 0 bridgehead atoms. The van der Waals surface area contributed by atoms with Crippen molar-refractivity contribution < 1.29 is 17.7 Å². The molecule has 0 aliphatic carbocycles. The van der Waals surface area contributed by atoms with Crippen molar-refractivity contribution in [1.82, 2.24) is 20.5 Å². The van der Waals surface area contributed by atoms with Crippen LogP contribution in [-0.2, 0) is 14.8 Å². The third kappa shape index (κ3) is 4.90. The number of sulfonamides is 1. The molecule has 1 aliphatic heterocycles. The van der Waals surface area contributed by atoms with Crippen LogP contribution in [0.25, 0.3) is 0 Å². The lowest BCUT2D eigenvalue weighted by molar-refractivity contribution is -0.122. The molecule has 0 radical (unpaired) electrons. The fraction of sp³-hybridized carbons (Fsp3) is 0.692. The van der Waals surface area contributed by atoms with Crippen molar-refractivity contribution in [3.63, 3.8) is 0 Å². The summed E-state index contributed by atoms with van der Waals surface area (Å²) >= 11 is 0. The van der Waals surface area contributed by atoms with E-state index in [9.17, 15) is 13.2 Å². The number of nitrogens with one attached hydrogen (secondary N) is 3. The molecular formula is C13H23ClN4O4S. The van der Waals surface area contributed by atoms with Crippen LogP contribution in [0.2, 0.25) is 0 Å². The third-order valence-corrected chi connectivity index (χ3v) is 5.43. The first-order valence-corrected chi connectivity index (χ1v) is 8.76. The molecule has 0 aromatic carbocycles. The lowest BCUT2D eigenvalue weighted by Gasteiger charge is -2.16. The fourth-order valence-corrected chi connectivity index (χ4v) is 4.04. The van der Waals surface area contributed by atoms with Crippen LogP contribution in [0.1, 0.15) is 31.2 Å². The zero-order valence-electron chi connectivity index (χ0n) is 13.4. The van der Waals surface area contributed by atoms with Crippen LogP contribution in [0.5, 0.6) is 0 Å². The minimum atomic E-state index is -3.84. The molecule has 1 fully saturated rings. The number of halogens is 1. The molecule has 1 amide bonds. The Morgan fingerprint density at radius 3 is 2.70 bits per heavy atom. The van der Waals surface area contributed by atoms with Crippen molar-refractivity contribution in [2.45, 2.75) is 50.6 Å². The second-order valence-corrected chi connectivity index (χ2v) is 7.19. The van der Waals surface area contributed by atoms with E-state index in [1.165, 1.54) is 13.8 Å². The van der Waals surface area contributed by atoms with Crippen molar-refractivity contribution in [1.29, 1.82) is 0 Å². The molecule has 1 saturated heterocycles. The molecule has 0 saturated carbocycles. The molecule has 132 valence electrons. The van der Waals surface area contributed by atoms with Gasteiger partial charge in [-0.25, -0.2) is 8.42 Å². The lowest BCUT2D eigenvalue weighted by Crippen LogP contribution is -2.47. The molecule has 1 aliphatic rings. The molecule has 8 nitrogen and oxygen atoms in total. The smallest absolute Gasteiger partial charge is 0.246 e. The maximum Gasteiger partial charge on any atom is 0.246 e. The molecule has 2 rings (SSSR count). The Kier molecular flexibility index (Phi) is 7.00. The van der Waals surface area contributed by atoms with E-state index in [1.807, 2.05) is 0 Å². The summed E-state index contributed by atoms with van der Waals surface area (Å²) < 4.78 is 31.8. The second kappa shape index (κ2) is 8.09. The van der Waals surface area contributed by atoms with E-state index in [2.05, 4.69) is 20.5 Å². The van der Waals surface area contributed by atoms with Gasteiger partial charge in [-0.3, -0.25) is 4.79 Å². The van der Waals surface area contributed by atoms with Crippen LogP contribution in [0.15, 0.2) is 9.42 Å². The van der Waals surface area contributed by atoms with Crippen LogP contribution in [-0.4, -0.2) is 44.7 Å². The van der Waals surface area contributed by atoms with Crippen LogP contribution in [0, 0.1) is 13.8 Å². The fourth-order valence-electron chi connectivity index (χ4n) is 2.51. The predicted molar refractivity (Wildman–Crippen MR) is 87.0 cm³/mol. The van der Waals surface area contributed by atoms with Gasteiger partial charge in [-0.15, -0.1) is 12.4 Å². The normalized spacial score (nSPS) is 19.2. The topological polar surface area (TPSA) is 113 Å². The van der Waals surface area contributed by atoms with Gasteiger partial charge in [0.15, 0.2) is 5.76 Å². The molecular weight excluding hydrogens is 344 g/mol. The van der Waals surface area contributed by atoms with Gasteiger partial charge in [0.05, 0.1) is 6.04 Å². The summed E-state index contributed by atoms with van der Waals surface area (Å²) in [6, 6.07) is -0.615. The van der Waals surface area contributed by atoms with Crippen LogP contribution >= 0.6 is 12.4 Å². The van der Waals surface area contributed by atoms with Crippen molar-refractivity contribution in [3.8, 4) is 0 Å². The Morgan fingerprint density at radius 2 is 2.17 bits per heavy atom. The number of aryl methyl sites for hydroxylation is 2. The monoisotopic (exact) mass is 366 g/mol. The van der Waals surface area contributed by atoms with E-state index >= 15 is 0 Å². The summed E-state index contributed by atoms with van der Waals surface area (Å²) in [5, 5.41) is 9.64. The average molecular weight is 367 g/mol. The highest BCUT2D eigenvalue weighted by Gasteiger charge is 2.28. The Labute approximate surface area is 142 Å². The first kappa shape index (κ1) is 19.9. The highest BCUT2D eigenvalue weighted by molar-refractivity contribution is 7.89. The van der Waals surface area contributed by atoms with Crippen molar-refractivity contribution in [3.05, 3.63) is 11.5 Å². The highest BCUT2D eigenvalue weighted by Crippen LogP contribution is 2.18. The molecule has 0 spiro atoms. The van der Waals surface area contributed by atoms with Crippen molar-refractivity contribution >= 4 is 28.3 Å². The van der Waals surface area contributed by atoms with Gasteiger partial charge in [0.2, 0.25) is 15.9 Å². The van der Waals surface area contributed by atoms with Gasteiger partial charge < -0.3 is 15.2 Å². The Balaban J connectivity index is 0.00000264. The van der Waals surface area contributed by atoms with Gasteiger partial charge in [-0.1, -0.05) is 5.16 Å². The Bertz CT molecular complexity index is 621. The summed E-state index contributed by atoms with van der Waals surface area (Å²) in [6.45, 7) is 6.02. The molecule has 2 heterocycles. The molecule has 3 N–H and O–H groups in total. The van der Waals surface area contributed by atoms with E-state index in [1.54, 1.807) is 6.92 Å². The van der Waals surface area contributed by atoms with E-state index in [0.29, 0.717) is 6.54 Å². The van der Waals surface area contributed by atoms with Gasteiger partial charge in [-0.2, -0.15) is 4.72 Å². The minimum Gasteiger partial charge on any atom is -0.360 e. The SMILES string of the molecule is Cc1noc(C)c1S(=O)(=O)NC(C)C(=O)NCC1CCCN1.Cl. The van der Waals surface area contributed by atoms with Crippen LogP contribution < -0.4 is 15.4 Å². The van der Waals surface area contributed by atoms with E-state index in [-0.39, 0.29) is 40.7 Å². The van der Waals surface area contributed by atoms with E-state index in [4.69, 9.17) is 4.52 Å². The number of nitrogens with zero attached hydrogens (tertiary/aromatic N) is 1. The molecule has 23 heavy (non-hydrogen) atoms. The lowest BCUT2D eigenvalue weighted by atomic mass is 10.2. The van der Waals surface area contributed by atoms with Crippen molar-refractivity contribution in [2.75, 3.05) is 13.1 Å². The number of aromatic nitrogens is 1. The van der Waals surface area contributed by atoms with Crippen LogP contribution in [0.3, 0.4) is 0 Å². The van der Waals surface area contributed by atoms with Crippen molar-refractivity contribution in [2.24, 2.45) is 0 Å². The minimum absolute atomic E-state index is 0. The second-order valence-electron chi connectivity index (χ2n) is 5.53. The maximum atomic E-state index is 12.3. The first-order valence-electron chi connectivity index (χ1n) is 7.27. The quantitative estimate of drug-likeness (QED) is 0.665. The van der Waals surface area contributed by atoms with Gasteiger partial charge in [-0.05, 0) is 40.2 Å². The Morgan fingerprint density at radius 1 is 1.48 bits per heavy atom. The summed E-state index contributed by atoms with van der Waals surface area (Å²) in [5.41, 5.74) is 0.271. The molecule has 2 atom stereocenters. The predicted octanol–water partition coefficient (Wildman–Crippen LogP) is 0.248. The third-order valence-electron chi connectivity index (χ3n) is 3.65. The van der Waals surface area contributed by atoms with E-state index < -0.39 is 16.1 Å². The molecule has 1 aromatic rings. The van der Waals surface area contributed by atoms with Crippen LogP contribution in [0.4, 0.5) is 0 Å². The zero-order valence-corrected chi connectivity index (χ0v) is 15.0. The summed E-state index contributed by atoms with van der Waals surface area (Å²) in [6.07, 6.45) is 2.11. The highest BCUT2D eigenvalue weighted by atomic mass is 35.5. The van der Waals surface area contributed by atoms with E-state index in [0.717, 1.165) is 19.4 Å². The number of hydrogen-bond donors (Lipinski definition) is 3. The first-order chi connectivity index (χ1) is 10.3. The number of amides is 1. The van der Waals surface area contributed by atoms with Gasteiger partial charge in [0.25, 0.3) is 0 Å². The molecule has 1 aromatic heterocycles. The number of carbonyl (C=O) groups excluding carboxylic acids is 1. The summed E-state index contributed by atoms with van der Waals surface area (Å²) in [4.78, 5) is 12.0. The summed E-state index contributed by atoms with van der Waals surface area (Å²) in [7, 11) is -3.84. The number of hydrogen-bond acceptors (Lipinski definition) is 6. The zero-order chi connectivity index (χ0) is 16.3. The largest absolute Gasteiger partial charge is 0.360 e.